The van der Waals surface area contributed by atoms with E-state index in [9.17, 15) is 0 Å². The minimum atomic E-state index is -0.0530. The van der Waals surface area contributed by atoms with Crippen LogP contribution in [0.1, 0.15) is 53.1 Å². The first-order valence-electron chi connectivity index (χ1n) is 6.46. The van der Waals surface area contributed by atoms with Gasteiger partial charge in [0.05, 0.1) is 11.2 Å². The molecule has 0 aliphatic carbocycles. The Morgan fingerprint density at radius 2 is 1.56 bits per heavy atom. The van der Waals surface area contributed by atoms with Gasteiger partial charge in [-0.25, -0.2) is 9.67 Å². The first kappa shape index (κ1) is 13.1. The van der Waals surface area contributed by atoms with E-state index >= 15 is 0 Å². The van der Waals surface area contributed by atoms with E-state index in [0.29, 0.717) is 0 Å². The minimum absolute atomic E-state index is 0.0228. The number of fused-ring (bicyclic) bond motifs is 1. The van der Waals surface area contributed by atoms with Gasteiger partial charge >= 0.3 is 0 Å². The average Bonchev–Trinajstić information content (AvgIpc) is 2.64. The van der Waals surface area contributed by atoms with Crippen LogP contribution in [0.15, 0.2) is 0 Å². The smallest absolute Gasteiger partial charge is 0.177 e. The van der Waals surface area contributed by atoms with Gasteiger partial charge in [-0.2, -0.15) is 5.10 Å². The molecular weight excluding hydrogens is 224 g/mol. The van der Waals surface area contributed by atoms with E-state index in [-0.39, 0.29) is 11.0 Å². The van der Waals surface area contributed by atoms with E-state index in [1.807, 2.05) is 6.92 Å². The fourth-order valence-electron chi connectivity index (χ4n) is 2.17. The molecular formula is C14H24N4. The lowest BCUT2D eigenvalue weighted by molar-refractivity contribution is 0.357. The molecule has 4 heteroatoms. The van der Waals surface area contributed by atoms with Gasteiger partial charge in [0.15, 0.2) is 5.65 Å². The van der Waals surface area contributed by atoms with E-state index in [1.54, 1.807) is 0 Å². The third-order valence-corrected chi connectivity index (χ3v) is 3.27. The molecule has 2 aromatic rings. The molecule has 0 saturated heterocycles. The Morgan fingerprint density at radius 1 is 1.00 bits per heavy atom. The number of aryl methyl sites for hydroxylation is 2. The summed E-state index contributed by atoms with van der Waals surface area (Å²) in [6, 6.07) is 0. The van der Waals surface area contributed by atoms with Gasteiger partial charge in [-0.1, -0.05) is 20.8 Å². The fraction of sp³-hybridized carbons (Fsp3) is 0.714. The molecule has 2 heterocycles. The lowest BCUT2D eigenvalue weighted by Crippen LogP contribution is -2.24. The van der Waals surface area contributed by atoms with E-state index in [1.165, 1.54) is 0 Å². The van der Waals surface area contributed by atoms with Crippen LogP contribution in [0.5, 0.6) is 0 Å². The van der Waals surface area contributed by atoms with E-state index in [4.69, 9.17) is 5.10 Å². The van der Waals surface area contributed by atoms with Crippen molar-refractivity contribution in [3.63, 3.8) is 0 Å². The lowest BCUT2D eigenvalue weighted by atomic mass is 9.92. The molecule has 0 saturated carbocycles. The monoisotopic (exact) mass is 248 g/mol. The molecule has 2 aromatic heterocycles. The van der Waals surface area contributed by atoms with Crippen LogP contribution in [0, 0.1) is 6.92 Å². The second kappa shape index (κ2) is 3.59. The third kappa shape index (κ3) is 1.84. The summed E-state index contributed by atoms with van der Waals surface area (Å²) >= 11 is 0. The number of rotatable bonds is 0. The molecule has 0 aliphatic rings. The van der Waals surface area contributed by atoms with Crippen molar-refractivity contribution < 1.29 is 0 Å². The quantitative estimate of drug-likeness (QED) is 0.718. The van der Waals surface area contributed by atoms with Gasteiger partial charge in [0.25, 0.3) is 0 Å². The van der Waals surface area contributed by atoms with Crippen LogP contribution in [-0.2, 0) is 18.0 Å². The molecule has 0 radical (unpaired) electrons. The predicted octanol–water partition coefficient (Wildman–Crippen LogP) is 3.13. The Balaban J connectivity index is 2.89. The number of aromatic nitrogens is 4. The summed E-state index contributed by atoms with van der Waals surface area (Å²) in [4.78, 5) is 4.68. The molecule has 0 aromatic carbocycles. The second-order valence-electron chi connectivity index (χ2n) is 7.07. The van der Waals surface area contributed by atoms with Crippen LogP contribution in [0.4, 0.5) is 0 Å². The third-order valence-electron chi connectivity index (χ3n) is 3.27. The molecule has 18 heavy (non-hydrogen) atoms. The summed E-state index contributed by atoms with van der Waals surface area (Å²) < 4.78 is 4.20. The van der Waals surface area contributed by atoms with Crippen molar-refractivity contribution in [1.82, 2.24) is 19.3 Å². The van der Waals surface area contributed by atoms with Crippen LogP contribution < -0.4 is 0 Å². The molecule has 0 bridgehead atoms. The van der Waals surface area contributed by atoms with Crippen molar-refractivity contribution >= 4 is 11.2 Å². The van der Waals surface area contributed by atoms with Gasteiger partial charge in [-0.15, -0.1) is 0 Å². The first-order valence-corrected chi connectivity index (χ1v) is 6.46. The zero-order chi connectivity index (χ0) is 13.9. The predicted molar refractivity (Wildman–Crippen MR) is 74.9 cm³/mol. The Kier molecular flexibility index (Phi) is 2.62. The number of nitrogens with zero attached hydrogens (tertiary/aromatic N) is 4. The van der Waals surface area contributed by atoms with Gasteiger partial charge in [-0.3, -0.25) is 0 Å². The van der Waals surface area contributed by atoms with Gasteiger partial charge in [0.2, 0.25) is 0 Å². The minimum Gasteiger partial charge on any atom is -0.328 e. The highest BCUT2D eigenvalue weighted by Gasteiger charge is 2.29. The highest BCUT2D eigenvalue weighted by molar-refractivity contribution is 5.77. The average molecular weight is 248 g/mol. The summed E-state index contributed by atoms with van der Waals surface area (Å²) in [6.07, 6.45) is 0. The van der Waals surface area contributed by atoms with Crippen LogP contribution in [-0.4, -0.2) is 19.3 Å². The van der Waals surface area contributed by atoms with E-state index in [0.717, 1.165) is 22.7 Å². The summed E-state index contributed by atoms with van der Waals surface area (Å²) in [5.74, 6) is 1.03. The topological polar surface area (TPSA) is 35.6 Å². The molecule has 2 rings (SSSR count). The standard InChI is InChI=1S/C14H24N4/c1-9-15-12-10(17(9)8)11(13(2,3)4)16-18(12)14(5,6)7/h1-8H3. The molecule has 0 fully saturated rings. The summed E-state index contributed by atoms with van der Waals surface area (Å²) in [5, 5.41) is 4.83. The van der Waals surface area contributed by atoms with E-state index < -0.39 is 0 Å². The molecule has 0 N–H and O–H groups in total. The first-order chi connectivity index (χ1) is 8.03. The van der Waals surface area contributed by atoms with Crippen LogP contribution in [0.25, 0.3) is 11.2 Å². The zero-order valence-electron chi connectivity index (χ0n) is 12.8. The molecule has 4 nitrogen and oxygen atoms in total. The largest absolute Gasteiger partial charge is 0.328 e. The fourth-order valence-corrected chi connectivity index (χ4v) is 2.17. The molecule has 0 spiro atoms. The van der Waals surface area contributed by atoms with Gasteiger partial charge < -0.3 is 4.57 Å². The maximum atomic E-state index is 4.83. The van der Waals surface area contributed by atoms with Crippen molar-refractivity contribution in [2.45, 2.75) is 59.4 Å². The number of imidazole rings is 1. The molecule has 0 atom stereocenters. The summed E-state index contributed by atoms with van der Waals surface area (Å²) in [5.41, 5.74) is 3.25. The highest BCUT2D eigenvalue weighted by Crippen LogP contribution is 2.32. The van der Waals surface area contributed by atoms with Crippen molar-refractivity contribution in [3.8, 4) is 0 Å². The Bertz CT molecular complexity index is 588. The SMILES string of the molecule is Cc1nc2c(c(C(C)(C)C)nn2C(C)(C)C)n1C. The van der Waals surface area contributed by atoms with Crippen molar-refractivity contribution in [1.29, 1.82) is 0 Å². The normalized spacial score (nSPS) is 13.6. The summed E-state index contributed by atoms with van der Waals surface area (Å²) in [7, 11) is 2.06. The Labute approximate surface area is 109 Å². The Morgan fingerprint density at radius 3 is 2.00 bits per heavy atom. The van der Waals surface area contributed by atoms with Crippen LogP contribution in [0.2, 0.25) is 0 Å². The van der Waals surface area contributed by atoms with Crippen molar-refractivity contribution in [2.24, 2.45) is 7.05 Å². The van der Waals surface area contributed by atoms with Crippen molar-refractivity contribution in [2.75, 3.05) is 0 Å². The molecule has 0 amide bonds. The summed E-state index contributed by atoms with van der Waals surface area (Å²) in [6.45, 7) is 15.1. The highest BCUT2D eigenvalue weighted by atomic mass is 15.4. The lowest BCUT2D eigenvalue weighted by Gasteiger charge is -2.20. The van der Waals surface area contributed by atoms with Crippen molar-refractivity contribution in [3.05, 3.63) is 11.5 Å². The molecule has 0 unspecified atom stereocenters. The van der Waals surface area contributed by atoms with Crippen LogP contribution >= 0.6 is 0 Å². The van der Waals surface area contributed by atoms with Gasteiger partial charge in [0.1, 0.15) is 11.3 Å². The maximum Gasteiger partial charge on any atom is 0.177 e. The molecule has 100 valence electrons. The maximum absolute atomic E-state index is 4.83. The van der Waals surface area contributed by atoms with Gasteiger partial charge in [0, 0.05) is 12.5 Å². The molecule has 0 aliphatic heterocycles. The van der Waals surface area contributed by atoms with E-state index in [2.05, 4.69) is 62.8 Å². The van der Waals surface area contributed by atoms with Crippen LogP contribution in [0.3, 0.4) is 0 Å². The number of hydrogen-bond donors (Lipinski definition) is 0. The number of hydrogen-bond acceptors (Lipinski definition) is 2. The second-order valence-corrected chi connectivity index (χ2v) is 7.07. The van der Waals surface area contributed by atoms with Gasteiger partial charge in [-0.05, 0) is 27.7 Å². The zero-order valence-corrected chi connectivity index (χ0v) is 12.8. The Hall–Kier alpha value is -1.32.